The number of benzene rings is 1. The van der Waals surface area contributed by atoms with Crippen molar-refractivity contribution in [1.29, 1.82) is 0 Å². The molecular formula is C26H41N5O4. The van der Waals surface area contributed by atoms with Crippen molar-refractivity contribution in [2.75, 3.05) is 33.0 Å². The molecule has 0 aliphatic rings. The van der Waals surface area contributed by atoms with Crippen molar-refractivity contribution in [2.24, 2.45) is 0 Å². The van der Waals surface area contributed by atoms with Crippen molar-refractivity contribution >= 4 is 29.4 Å². The van der Waals surface area contributed by atoms with E-state index in [1.54, 1.807) is 31.2 Å². The van der Waals surface area contributed by atoms with Crippen LogP contribution in [0.2, 0.25) is 0 Å². The molecule has 1 aromatic rings. The highest BCUT2D eigenvalue weighted by atomic mass is 16.2. The molecule has 35 heavy (non-hydrogen) atoms. The zero-order chi connectivity index (χ0) is 27.6. The Hall–Kier alpha value is -3.72. The smallest absolute Gasteiger partial charge is 0.319 e. The number of imide groups is 1. The number of urea groups is 1. The molecule has 0 saturated carbocycles. The maximum Gasteiger partial charge on any atom is 0.319 e. The third kappa shape index (κ3) is 15.7. The number of amides is 5. The van der Waals surface area contributed by atoms with Crippen LogP contribution in [0.1, 0.15) is 33.3 Å². The van der Waals surface area contributed by atoms with Gasteiger partial charge >= 0.3 is 6.03 Å². The van der Waals surface area contributed by atoms with Crippen LogP contribution >= 0.6 is 0 Å². The Labute approximate surface area is 209 Å². The average Bonchev–Trinajstić information content (AvgIpc) is 2.78. The van der Waals surface area contributed by atoms with E-state index in [9.17, 15) is 19.2 Å². The summed E-state index contributed by atoms with van der Waals surface area (Å²) in [6.07, 6.45) is 3.29. The topological polar surface area (TPSA) is 120 Å². The van der Waals surface area contributed by atoms with E-state index in [4.69, 9.17) is 0 Å². The van der Waals surface area contributed by atoms with Gasteiger partial charge in [-0.3, -0.25) is 19.7 Å². The first-order valence-electron chi connectivity index (χ1n) is 11.1. The number of carbonyl (C=O) groups is 4. The van der Waals surface area contributed by atoms with E-state index in [0.717, 1.165) is 5.56 Å². The van der Waals surface area contributed by atoms with E-state index in [0.29, 0.717) is 11.3 Å². The average molecular weight is 488 g/mol. The number of aryl methyl sites for hydroxylation is 1. The van der Waals surface area contributed by atoms with Crippen LogP contribution in [0, 0.1) is 6.92 Å². The highest BCUT2D eigenvalue weighted by Gasteiger charge is 2.24. The van der Waals surface area contributed by atoms with Gasteiger partial charge in [0, 0.05) is 31.8 Å². The Morgan fingerprint density at radius 1 is 1.09 bits per heavy atom. The first-order valence-corrected chi connectivity index (χ1v) is 11.1. The van der Waals surface area contributed by atoms with Gasteiger partial charge in [-0.15, -0.1) is 6.58 Å². The summed E-state index contributed by atoms with van der Waals surface area (Å²) in [5.74, 6) is -1.52. The lowest BCUT2D eigenvalue weighted by atomic mass is 10.1. The van der Waals surface area contributed by atoms with Gasteiger partial charge in [-0.2, -0.15) is 0 Å². The van der Waals surface area contributed by atoms with Gasteiger partial charge in [0.05, 0.1) is 0 Å². The molecule has 9 heteroatoms. The monoisotopic (exact) mass is 487 g/mol. The van der Waals surface area contributed by atoms with Gasteiger partial charge < -0.3 is 20.9 Å². The maximum absolute atomic E-state index is 12.4. The molecular weight excluding hydrogens is 446 g/mol. The molecule has 4 N–H and O–H groups in total. The lowest BCUT2D eigenvalue weighted by Gasteiger charge is -2.24. The number of likely N-dealkylation sites (N-methyl/N-ethyl adjacent to an activating group) is 1. The summed E-state index contributed by atoms with van der Waals surface area (Å²) in [7, 11) is 5.20. The normalized spacial score (nSPS) is 10.7. The van der Waals surface area contributed by atoms with Crippen molar-refractivity contribution in [3.63, 3.8) is 0 Å². The van der Waals surface area contributed by atoms with Gasteiger partial charge in [-0.05, 0) is 60.0 Å². The number of nitrogens with zero attached hydrogens (tertiary/aromatic N) is 1. The molecule has 1 aromatic carbocycles. The molecule has 0 bridgehead atoms. The number of carbonyl (C=O) groups excluding carboxylic acids is 4. The predicted molar refractivity (Wildman–Crippen MR) is 143 cm³/mol. The summed E-state index contributed by atoms with van der Waals surface area (Å²) in [5.41, 5.74) is 2.63. The Morgan fingerprint density at radius 2 is 1.57 bits per heavy atom. The van der Waals surface area contributed by atoms with E-state index in [1.165, 1.54) is 25.8 Å². The SMILES string of the molecule is C=C(/C=C(\C)CNC(=O)Nc1ccc(C)cc1)C(=O)N(C)[C@H](C)C(=O)NC(C)=O.C=CC.CNC. The van der Waals surface area contributed by atoms with E-state index in [-0.39, 0.29) is 18.1 Å². The fourth-order valence-corrected chi connectivity index (χ4v) is 2.30. The zero-order valence-electron chi connectivity index (χ0n) is 22.2. The number of nitrogens with one attached hydrogen (secondary N) is 4. The highest BCUT2D eigenvalue weighted by Crippen LogP contribution is 2.09. The van der Waals surface area contributed by atoms with Crippen molar-refractivity contribution in [3.05, 3.63) is 66.3 Å². The molecule has 0 aliphatic carbocycles. The van der Waals surface area contributed by atoms with E-state index < -0.39 is 23.8 Å². The van der Waals surface area contributed by atoms with Crippen LogP contribution in [0.4, 0.5) is 10.5 Å². The molecule has 0 saturated heterocycles. The zero-order valence-corrected chi connectivity index (χ0v) is 22.2. The van der Waals surface area contributed by atoms with Crippen LogP contribution in [0.3, 0.4) is 0 Å². The minimum Gasteiger partial charge on any atom is -0.334 e. The molecule has 5 amide bonds. The largest absolute Gasteiger partial charge is 0.334 e. The summed E-state index contributed by atoms with van der Waals surface area (Å²) < 4.78 is 0. The van der Waals surface area contributed by atoms with Crippen LogP contribution in [0.15, 0.2) is 60.7 Å². The summed E-state index contributed by atoms with van der Waals surface area (Å²) in [6, 6.07) is 6.18. The maximum atomic E-state index is 12.4. The van der Waals surface area contributed by atoms with Crippen LogP contribution in [0.5, 0.6) is 0 Å². The van der Waals surface area contributed by atoms with Crippen LogP contribution < -0.4 is 21.3 Å². The number of anilines is 1. The number of rotatable bonds is 7. The molecule has 0 spiro atoms. The third-order valence-electron chi connectivity index (χ3n) is 4.11. The number of allylic oxidation sites excluding steroid dienone is 1. The van der Waals surface area contributed by atoms with Gasteiger partial charge in [-0.25, -0.2) is 4.79 Å². The summed E-state index contributed by atoms with van der Waals surface area (Å²) in [6.45, 7) is 15.6. The van der Waals surface area contributed by atoms with Gasteiger partial charge in [0.15, 0.2) is 0 Å². The van der Waals surface area contributed by atoms with Gasteiger partial charge in [-0.1, -0.05) is 35.9 Å². The molecule has 0 unspecified atom stereocenters. The summed E-state index contributed by atoms with van der Waals surface area (Å²) in [5, 5.41) is 10.3. The lowest BCUT2D eigenvalue weighted by Crippen LogP contribution is -2.47. The van der Waals surface area contributed by atoms with Crippen molar-refractivity contribution < 1.29 is 19.2 Å². The molecule has 0 aromatic heterocycles. The van der Waals surface area contributed by atoms with Crippen LogP contribution in [-0.4, -0.2) is 62.4 Å². The highest BCUT2D eigenvalue weighted by molar-refractivity contribution is 6.01. The van der Waals surface area contributed by atoms with Crippen LogP contribution in [0.25, 0.3) is 0 Å². The van der Waals surface area contributed by atoms with E-state index in [2.05, 4.69) is 34.4 Å². The van der Waals surface area contributed by atoms with Gasteiger partial charge in [0.1, 0.15) is 6.04 Å². The second-order valence-electron chi connectivity index (χ2n) is 7.74. The fraction of sp³-hybridized carbons (Fsp3) is 0.385. The molecule has 0 aliphatic heterocycles. The third-order valence-corrected chi connectivity index (χ3v) is 4.11. The second-order valence-corrected chi connectivity index (χ2v) is 7.74. The molecule has 1 rings (SSSR count). The fourth-order valence-electron chi connectivity index (χ4n) is 2.30. The Balaban J connectivity index is 0. The van der Waals surface area contributed by atoms with Crippen molar-refractivity contribution in [3.8, 4) is 0 Å². The Bertz CT molecular complexity index is 892. The Morgan fingerprint density at radius 3 is 2.03 bits per heavy atom. The van der Waals surface area contributed by atoms with Crippen molar-refractivity contribution in [2.45, 2.75) is 40.7 Å². The molecule has 0 fully saturated rings. The molecule has 0 heterocycles. The molecule has 9 nitrogen and oxygen atoms in total. The van der Waals surface area contributed by atoms with Gasteiger partial charge in [0.25, 0.3) is 5.91 Å². The standard InChI is InChI=1S/C21H28N4O4.C3H6.C2H7N/c1-13-7-9-18(10-8-13)24-21(29)22-12-14(2)11-15(3)20(28)25(6)16(4)19(27)23-17(5)26;2*1-3-2/h7-11,16H,3,12H2,1-2,4-6H3,(H2,22,24,29)(H,23,26,27);3H,1H2,2H3;3H,1-2H3/b14-11+;;/t16-;;/m1../s1. The minimum atomic E-state index is -0.838. The first kappa shape index (κ1) is 33.5. The Kier molecular flexibility index (Phi) is 17.9. The number of hydrogen-bond acceptors (Lipinski definition) is 5. The molecule has 194 valence electrons. The van der Waals surface area contributed by atoms with E-state index in [1.807, 2.05) is 40.1 Å². The second kappa shape index (κ2) is 18.7. The molecule has 1 atom stereocenters. The quantitative estimate of drug-likeness (QED) is 0.268. The number of hydrogen-bond donors (Lipinski definition) is 4. The van der Waals surface area contributed by atoms with E-state index >= 15 is 0 Å². The first-order chi connectivity index (χ1) is 16.3. The lowest BCUT2D eigenvalue weighted by molar-refractivity contribution is -0.138. The van der Waals surface area contributed by atoms with Crippen LogP contribution in [-0.2, 0) is 14.4 Å². The van der Waals surface area contributed by atoms with Crippen molar-refractivity contribution in [1.82, 2.24) is 20.9 Å². The summed E-state index contributed by atoms with van der Waals surface area (Å²) in [4.78, 5) is 48.4. The minimum absolute atomic E-state index is 0.160. The van der Waals surface area contributed by atoms with Gasteiger partial charge in [0.2, 0.25) is 11.8 Å². The predicted octanol–water partition coefficient (Wildman–Crippen LogP) is 3.16. The summed E-state index contributed by atoms with van der Waals surface area (Å²) >= 11 is 0. The molecule has 0 radical (unpaired) electrons.